The quantitative estimate of drug-likeness (QED) is 0.624. The predicted octanol–water partition coefficient (Wildman–Crippen LogP) is 1.47. The van der Waals surface area contributed by atoms with Gasteiger partial charge in [-0.2, -0.15) is 4.31 Å². The Bertz CT molecular complexity index is 944. The summed E-state index contributed by atoms with van der Waals surface area (Å²) in [7, 11) is -3.50. The van der Waals surface area contributed by atoms with E-state index in [1.54, 1.807) is 6.08 Å². The normalized spacial score (nSPS) is 21.7. The van der Waals surface area contributed by atoms with Gasteiger partial charge in [0.15, 0.2) is 0 Å². The summed E-state index contributed by atoms with van der Waals surface area (Å²) >= 11 is 0. The molecule has 0 radical (unpaired) electrons. The third-order valence-corrected chi connectivity index (χ3v) is 8.46. The van der Waals surface area contributed by atoms with Gasteiger partial charge in [-0.3, -0.25) is 14.5 Å². The third kappa shape index (κ3) is 6.22. The fraction of sp³-hybridized carbons (Fsp3) is 0.583. The molecule has 0 bridgehead atoms. The zero-order valence-corrected chi connectivity index (χ0v) is 20.0. The van der Waals surface area contributed by atoms with Crippen molar-refractivity contribution in [2.24, 2.45) is 5.92 Å². The summed E-state index contributed by atoms with van der Waals surface area (Å²) in [6.45, 7) is 5.58. The zero-order chi connectivity index (χ0) is 23.3. The van der Waals surface area contributed by atoms with E-state index in [1.807, 2.05) is 40.1 Å². The topological polar surface area (TPSA) is 81.2 Å². The van der Waals surface area contributed by atoms with E-state index in [1.165, 1.54) is 9.71 Å². The molecule has 3 heterocycles. The van der Waals surface area contributed by atoms with E-state index in [2.05, 4.69) is 4.90 Å². The van der Waals surface area contributed by atoms with Crippen molar-refractivity contribution in [3.63, 3.8) is 0 Å². The number of sulfonamides is 1. The fourth-order valence-electron chi connectivity index (χ4n) is 4.81. The van der Waals surface area contributed by atoms with Crippen LogP contribution in [0.2, 0.25) is 0 Å². The number of piperidine rings is 1. The number of rotatable bonds is 6. The molecule has 0 spiro atoms. The number of carbonyl (C=O) groups excluding carboxylic acids is 2. The van der Waals surface area contributed by atoms with E-state index >= 15 is 0 Å². The number of hydrogen-bond acceptors (Lipinski definition) is 5. The maximum atomic E-state index is 13.0. The number of hydrogen-bond donors (Lipinski definition) is 0. The van der Waals surface area contributed by atoms with Crippen LogP contribution in [0, 0.1) is 5.92 Å². The van der Waals surface area contributed by atoms with Gasteiger partial charge in [0.2, 0.25) is 21.8 Å². The minimum absolute atomic E-state index is 0.123. The molecule has 33 heavy (non-hydrogen) atoms. The molecular formula is C24H34N4O4S. The van der Waals surface area contributed by atoms with Gasteiger partial charge in [0.1, 0.15) is 0 Å². The minimum atomic E-state index is -3.50. The predicted molar refractivity (Wildman–Crippen MR) is 128 cm³/mol. The standard InChI is InChI=1S/C24H34N4O4S/c29-23(26-11-4-5-12-26)20-25-15-17-27(18-16-25)24(30)22-8-13-28(14-9-22)33(31,32)19-10-21-6-2-1-3-7-21/h1-3,6-7,10,19,22H,4-5,8-9,11-18,20H2. The van der Waals surface area contributed by atoms with E-state index in [-0.39, 0.29) is 17.7 Å². The number of piperazine rings is 1. The van der Waals surface area contributed by atoms with Crippen LogP contribution in [-0.4, -0.2) is 98.1 Å². The second-order valence-electron chi connectivity index (χ2n) is 9.12. The Morgan fingerprint density at radius 3 is 2.12 bits per heavy atom. The second kappa shape index (κ2) is 10.8. The maximum absolute atomic E-state index is 13.0. The van der Waals surface area contributed by atoms with E-state index in [0.717, 1.165) is 31.5 Å². The van der Waals surface area contributed by atoms with Gasteiger partial charge in [-0.15, -0.1) is 0 Å². The lowest BCUT2D eigenvalue weighted by Crippen LogP contribution is -2.53. The van der Waals surface area contributed by atoms with E-state index in [0.29, 0.717) is 58.7 Å². The van der Waals surface area contributed by atoms with Crippen molar-refractivity contribution in [1.82, 2.24) is 19.0 Å². The highest BCUT2D eigenvalue weighted by molar-refractivity contribution is 7.92. The Hall–Kier alpha value is -2.23. The molecule has 0 atom stereocenters. The third-order valence-electron chi connectivity index (χ3n) is 6.90. The molecule has 1 aromatic rings. The molecule has 0 saturated carbocycles. The van der Waals surface area contributed by atoms with Crippen LogP contribution in [0.5, 0.6) is 0 Å². The van der Waals surface area contributed by atoms with Crippen molar-refractivity contribution in [1.29, 1.82) is 0 Å². The van der Waals surface area contributed by atoms with Gasteiger partial charge in [-0.05, 0) is 37.3 Å². The Morgan fingerprint density at radius 1 is 0.848 bits per heavy atom. The molecule has 3 fully saturated rings. The highest BCUT2D eigenvalue weighted by Crippen LogP contribution is 2.23. The first-order valence-electron chi connectivity index (χ1n) is 11.9. The highest BCUT2D eigenvalue weighted by Gasteiger charge is 2.33. The number of amides is 2. The van der Waals surface area contributed by atoms with Crippen LogP contribution in [0.3, 0.4) is 0 Å². The van der Waals surface area contributed by atoms with Crippen LogP contribution >= 0.6 is 0 Å². The molecule has 9 heteroatoms. The van der Waals surface area contributed by atoms with Gasteiger partial charge in [0.25, 0.3) is 0 Å². The first kappa shape index (κ1) is 23.9. The molecule has 0 N–H and O–H groups in total. The van der Waals surface area contributed by atoms with Gasteiger partial charge in [0, 0.05) is 63.7 Å². The number of benzene rings is 1. The number of nitrogens with zero attached hydrogens (tertiary/aromatic N) is 4. The zero-order valence-electron chi connectivity index (χ0n) is 19.1. The Morgan fingerprint density at radius 2 is 1.48 bits per heavy atom. The Labute approximate surface area is 196 Å². The van der Waals surface area contributed by atoms with Crippen LogP contribution in [0.25, 0.3) is 6.08 Å². The SMILES string of the molecule is O=C(CN1CCN(C(=O)C2CCN(S(=O)(=O)C=Cc3ccccc3)CC2)CC1)N1CCCC1. The Kier molecular flexibility index (Phi) is 7.82. The number of carbonyl (C=O) groups is 2. The van der Waals surface area contributed by atoms with Crippen molar-refractivity contribution in [2.45, 2.75) is 25.7 Å². The van der Waals surface area contributed by atoms with Gasteiger partial charge in [-0.25, -0.2) is 8.42 Å². The lowest BCUT2D eigenvalue weighted by atomic mass is 9.96. The van der Waals surface area contributed by atoms with Crippen molar-refractivity contribution in [3.8, 4) is 0 Å². The largest absolute Gasteiger partial charge is 0.342 e. The molecule has 0 aliphatic carbocycles. The summed E-state index contributed by atoms with van der Waals surface area (Å²) in [4.78, 5) is 31.3. The molecule has 1 aromatic carbocycles. The summed E-state index contributed by atoms with van der Waals surface area (Å²) in [6, 6.07) is 9.35. The van der Waals surface area contributed by atoms with Crippen LogP contribution in [0.4, 0.5) is 0 Å². The molecule has 0 unspecified atom stereocenters. The van der Waals surface area contributed by atoms with Gasteiger partial charge in [0.05, 0.1) is 6.54 Å². The molecule has 4 rings (SSSR count). The summed E-state index contributed by atoms with van der Waals surface area (Å²) in [5.74, 6) is 0.187. The highest BCUT2D eigenvalue weighted by atomic mass is 32.2. The average Bonchev–Trinajstić information content (AvgIpc) is 3.39. The molecule has 0 aromatic heterocycles. The maximum Gasteiger partial charge on any atom is 0.236 e. The first-order valence-corrected chi connectivity index (χ1v) is 13.4. The lowest BCUT2D eigenvalue weighted by Gasteiger charge is -2.38. The molecule has 3 aliphatic heterocycles. The smallest absolute Gasteiger partial charge is 0.236 e. The van der Waals surface area contributed by atoms with Gasteiger partial charge >= 0.3 is 0 Å². The van der Waals surface area contributed by atoms with E-state index in [9.17, 15) is 18.0 Å². The van der Waals surface area contributed by atoms with Crippen molar-refractivity contribution in [3.05, 3.63) is 41.3 Å². The molecule has 3 aliphatic rings. The minimum Gasteiger partial charge on any atom is -0.342 e. The first-order chi connectivity index (χ1) is 15.9. The van der Waals surface area contributed by atoms with Crippen LogP contribution < -0.4 is 0 Å². The summed E-state index contributed by atoms with van der Waals surface area (Å²) in [6.07, 6.45) is 4.89. The van der Waals surface area contributed by atoms with Crippen molar-refractivity contribution >= 4 is 27.9 Å². The van der Waals surface area contributed by atoms with E-state index < -0.39 is 10.0 Å². The van der Waals surface area contributed by atoms with Crippen molar-refractivity contribution in [2.75, 3.05) is 58.9 Å². The molecular weight excluding hydrogens is 440 g/mol. The average molecular weight is 475 g/mol. The Balaban J connectivity index is 1.22. The summed E-state index contributed by atoms with van der Waals surface area (Å²) in [5, 5.41) is 1.26. The molecule has 2 amide bonds. The second-order valence-corrected chi connectivity index (χ2v) is 10.9. The van der Waals surface area contributed by atoms with Crippen LogP contribution in [0.1, 0.15) is 31.2 Å². The molecule has 8 nitrogen and oxygen atoms in total. The fourth-order valence-corrected chi connectivity index (χ4v) is 6.04. The van der Waals surface area contributed by atoms with Gasteiger partial charge < -0.3 is 9.80 Å². The molecule has 180 valence electrons. The summed E-state index contributed by atoms with van der Waals surface area (Å²) in [5.41, 5.74) is 0.840. The summed E-state index contributed by atoms with van der Waals surface area (Å²) < 4.78 is 26.8. The van der Waals surface area contributed by atoms with Gasteiger partial charge in [-0.1, -0.05) is 30.3 Å². The van der Waals surface area contributed by atoms with Crippen molar-refractivity contribution < 1.29 is 18.0 Å². The molecule has 3 saturated heterocycles. The van der Waals surface area contributed by atoms with Crippen LogP contribution in [0.15, 0.2) is 35.7 Å². The monoisotopic (exact) mass is 474 g/mol. The number of likely N-dealkylation sites (tertiary alicyclic amines) is 1. The van der Waals surface area contributed by atoms with Crippen LogP contribution in [-0.2, 0) is 19.6 Å². The van der Waals surface area contributed by atoms with E-state index in [4.69, 9.17) is 0 Å². The lowest BCUT2D eigenvalue weighted by molar-refractivity contribution is -0.139.